The first-order valence-electron chi connectivity index (χ1n) is 6.62. The number of amides is 1. The highest BCUT2D eigenvalue weighted by Crippen LogP contribution is 2.21. The van der Waals surface area contributed by atoms with Gasteiger partial charge in [0.05, 0.1) is 17.9 Å². The molecule has 2 rings (SSSR count). The molecule has 2 aromatic rings. The molecule has 0 aliphatic carbocycles. The maximum absolute atomic E-state index is 12.2. The third-order valence-electron chi connectivity index (χ3n) is 2.98. The molecule has 2 aromatic heterocycles. The molecule has 0 aliphatic rings. The van der Waals surface area contributed by atoms with E-state index in [0.29, 0.717) is 22.5 Å². The van der Waals surface area contributed by atoms with Gasteiger partial charge in [0.1, 0.15) is 5.56 Å². The van der Waals surface area contributed by atoms with Crippen LogP contribution < -0.4 is 5.32 Å². The SMILES string of the molecule is CCOC(=O)c1c(NC(=O)c2ccc(C)nc2)c[nH]c1C. The van der Waals surface area contributed by atoms with Gasteiger partial charge in [0.25, 0.3) is 5.91 Å². The molecule has 2 heterocycles. The van der Waals surface area contributed by atoms with Crippen LogP contribution >= 0.6 is 0 Å². The lowest BCUT2D eigenvalue weighted by atomic mass is 10.2. The van der Waals surface area contributed by atoms with Crippen LogP contribution in [0.4, 0.5) is 5.69 Å². The van der Waals surface area contributed by atoms with Crippen LogP contribution in [0.2, 0.25) is 0 Å². The minimum Gasteiger partial charge on any atom is -0.462 e. The zero-order valence-corrected chi connectivity index (χ0v) is 12.2. The van der Waals surface area contributed by atoms with E-state index < -0.39 is 5.97 Å². The van der Waals surface area contributed by atoms with Crippen LogP contribution in [0.25, 0.3) is 0 Å². The van der Waals surface area contributed by atoms with E-state index in [4.69, 9.17) is 4.74 Å². The van der Waals surface area contributed by atoms with Crippen molar-refractivity contribution < 1.29 is 14.3 Å². The Labute approximate surface area is 122 Å². The lowest BCUT2D eigenvalue weighted by Gasteiger charge is -2.07. The summed E-state index contributed by atoms with van der Waals surface area (Å²) in [7, 11) is 0. The van der Waals surface area contributed by atoms with Crippen molar-refractivity contribution in [2.24, 2.45) is 0 Å². The summed E-state index contributed by atoms with van der Waals surface area (Å²) < 4.78 is 4.99. The number of aromatic amines is 1. The van der Waals surface area contributed by atoms with E-state index in [2.05, 4.69) is 15.3 Å². The number of esters is 1. The van der Waals surface area contributed by atoms with Crippen molar-refractivity contribution in [3.05, 3.63) is 47.0 Å². The fraction of sp³-hybridized carbons (Fsp3) is 0.267. The van der Waals surface area contributed by atoms with Crippen LogP contribution in [0.1, 0.15) is 39.0 Å². The number of nitrogens with one attached hydrogen (secondary N) is 2. The zero-order valence-electron chi connectivity index (χ0n) is 12.2. The van der Waals surface area contributed by atoms with E-state index in [0.717, 1.165) is 5.69 Å². The Hall–Kier alpha value is -2.63. The summed E-state index contributed by atoms with van der Waals surface area (Å²) in [6.07, 6.45) is 3.06. The standard InChI is InChI=1S/C15H17N3O3/c1-4-21-15(20)13-10(3)17-8-12(13)18-14(19)11-6-5-9(2)16-7-11/h5-8,17H,4H2,1-3H3,(H,18,19). The second-order valence-electron chi connectivity index (χ2n) is 4.57. The Morgan fingerprint density at radius 2 is 2.10 bits per heavy atom. The number of rotatable bonds is 4. The molecule has 110 valence electrons. The Bertz CT molecular complexity index is 659. The van der Waals surface area contributed by atoms with Gasteiger partial charge in [-0.2, -0.15) is 0 Å². The van der Waals surface area contributed by atoms with Gasteiger partial charge in [-0.25, -0.2) is 4.79 Å². The zero-order chi connectivity index (χ0) is 15.4. The van der Waals surface area contributed by atoms with Crippen molar-refractivity contribution in [1.29, 1.82) is 0 Å². The van der Waals surface area contributed by atoms with Gasteiger partial charge in [-0.3, -0.25) is 9.78 Å². The molecular weight excluding hydrogens is 270 g/mol. The van der Waals surface area contributed by atoms with E-state index in [1.807, 2.05) is 6.92 Å². The molecule has 0 fully saturated rings. The molecule has 21 heavy (non-hydrogen) atoms. The van der Waals surface area contributed by atoms with Gasteiger partial charge in [0, 0.05) is 23.8 Å². The highest BCUT2D eigenvalue weighted by atomic mass is 16.5. The van der Waals surface area contributed by atoms with E-state index in [1.165, 1.54) is 6.20 Å². The van der Waals surface area contributed by atoms with Crippen molar-refractivity contribution in [3.8, 4) is 0 Å². The predicted octanol–water partition coefficient (Wildman–Crippen LogP) is 2.46. The van der Waals surface area contributed by atoms with Crippen molar-refractivity contribution in [1.82, 2.24) is 9.97 Å². The van der Waals surface area contributed by atoms with Gasteiger partial charge in [0.2, 0.25) is 0 Å². The molecule has 0 atom stereocenters. The van der Waals surface area contributed by atoms with Crippen molar-refractivity contribution in [3.63, 3.8) is 0 Å². The van der Waals surface area contributed by atoms with Crippen LogP contribution in [0.15, 0.2) is 24.5 Å². The second-order valence-corrected chi connectivity index (χ2v) is 4.57. The molecule has 0 spiro atoms. The highest BCUT2D eigenvalue weighted by molar-refractivity contribution is 6.08. The van der Waals surface area contributed by atoms with Crippen molar-refractivity contribution in [2.45, 2.75) is 20.8 Å². The summed E-state index contributed by atoms with van der Waals surface area (Å²) in [4.78, 5) is 31.0. The topological polar surface area (TPSA) is 84.1 Å². The van der Waals surface area contributed by atoms with Gasteiger partial charge < -0.3 is 15.0 Å². The van der Waals surface area contributed by atoms with E-state index in [1.54, 1.807) is 32.2 Å². The Morgan fingerprint density at radius 3 is 2.71 bits per heavy atom. The van der Waals surface area contributed by atoms with Gasteiger partial charge >= 0.3 is 5.97 Å². The molecule has 0 saturated heterocycles. The Morgan fingerprint density at radius 1 is 1.33 bits per heavy atom. The molecule has 0 radical (unpaired) electrons. The first-order chi connectivity index (χ1) is 10.0. The monoisotopic (exact) mass is 287 g/mol. The highest BCUT2D eigenvalue weighted by Gasteiger charge is 2.19. The van der Waals surface area contributed by atoms with Gasteiger partial charge in [-0.1, -0.05) is 0 Å². The summed E-state index contributed by atoms with van der Waals surface area (Å²) in [6.45, 7) is 5.60. The van der Waals surface area contributed by atoms with Gasteiger partial charge in [0.15, 0.2) is 0 Å². The number of hydrogen-bond acceptors (Lipinski definition) is 4. The maximum atomic E-state index is 12.2. The minimum atomic E-state index is -0.464. The van der Waals surface area contributed by atoms with Crippen LogP contribution in [-0.2, 0) is 4.74 Å². The molecule has 0 aliphatic heterocycles. The minimum absolute atomic E-state index is 0.277. The van der Waals surface area contributed by atoms with E-state index >= 15 is 0 Å². The number of aryl methyl sites for hydroxylation is 2. The van der Waals surface area contributed by atoms with Crippen LogP contribution in [-0.4, -0.2) is 28.5 Å². The molecule has 6 nitrogen and oxygen atoms in total. The lowest BCUT2D eigenvalue weighted by molar-refractivity contribution is 0.0527. The van der Waals surface area contributed by atoms with Crippen LogP contribution in [0.5, 0.6) is 0 Å². The van der Waals surface area contributed by atoms with Crippen LogP contribution in [0.3, 0.4) is 0 Å². The third-order valence-corrected chi connectivity index (χ3v) is 2.98. The number of H-pyrrole nitrogens is 1. The molecule has 0 aromatic carbocycles. The van der Waals surface area contributed by atoms with E-state index in [-0.39, 0.29) is 12.5 Å². The largest absolute Gasteiger partial charge is 0.462 e. The average Bonchev–Trinajstić information content (AvgIpc) is 2.80. The fourth-order valence-electron chi connectivity index (χ4n) is 1.89. The number of carbonyl (C=O) groups excluding carboxylic acids is 2. The number of aromatic nitrogens is 2. The Kier molecular flexibility index (Phi) is 4.37. The molecular formula is C15H17N3O3. The van der Waals surface area contributed by atoms with Gasteiger partial charge in [-0.05, 0) is 32.9 Å². The summed E-state index contributed by atoms with van der Waals surface area (Å²) >= 11 is 0. The number of pyridine rings is 1. The molecule has 0 saturated carbocycles. The van der Waals surface area contributed by atoms with Crippen molar-refractivity contribution in [2.75, 3.05) is 11.9 Å². The lowest BCUT2D eigenvalue weighted by Crippen LogP contribution is -2.15. The molecule has 1 amide bonds. The number of ether oxygens (including phenoxy) is 1. The number of hydrogen-bond donors (Lipinski definition) is 2. The summed E-state index contributed by atoms with van der Waals surface area (Å²) in [5.74, 6) is -0.791. The quantitative estimate of drug-likeness (QED) is 0.846. The van der Waals surface area contributed by atoms with Crippen LogP contribution in [0, 0.1) is 13.8 Å². The first-order valence-corrected chi connectivity index (χ1v) is 6.62. The third kappa shape index (κ3) is 3.28. The molecule has 2 N–H and O–H groups in total. The normalized spacial score (nSPS) is 10.2. The van der Waals surface area contributed by atoms with Crippen molar-refractivity contribution >= 4 is 17.6 Å². The maximum Gasteiger partial charge on any atom is 0.342 e. The summed E-state index contributed by atoms with van der Waals surface area (Å²) in [5, 5.41) is 2.70. The average molecular weight is 287 g/mol. The summed E-state index contributed by atoms with van der Waals surface area (Å²) in [6, 6.07) is 3.44. The predicted molar refractivity (Wildman–Crippen MR) is 78.4 cm³/mol. The summed E-state index contributed by atoms with van der Waals surface area (Å²) in [5.41, 5.74) is 2.64. The smallest absolute Gasteiger partial charge is 0.342 e. The number of carbonyl (C=O) groups is 2. The fourth-order valence-corrected chi connectivity index (χ4v) is 1.89. The van der Waals surface area contributed by atoms with E-state index in [9.17, 15) is 9.59 Å². The Balaban J connectivity index is 2.22. The molecule has 0 bridgehead atoms. The first kappa shape index (κ1) is 14.8. The second kappa shape index (κ2) is 6.21. The number of anilines is 1. The molecule has 0 unspecified atom stereocenters. The number of nitrogens with zero attached hydrogens (tertiary/aromatic N) is 1. The van der Waals surface area contributed by atoms with Gasteiger partial charge in [-0.15, -0.1) is 0 Å². The molecule has 6 heteroatoms.